The molecule has 212 valence electrons. The molecular formula is C43H35N. The number of hydrogen-bond donors (Lipinski definition) is 0. The maximum Gasteiger partial charge on any atom is 0.0537 e. The van der Waals surface area contributed by atoms with E-state index in [1.54, 1.807) is 0 Å². The van der Waals surface area contributed by atoms with Gasteiger partial charge in [-0.05, 0) is 118 Å². The van der Waals surface area contributed by atoms with E-state index in [1.165, 1.54) is 82.5 Å². The van der Waals surface area contributed by atoms with Gasteiger partial charge in [-0.25, -0.2) is 0 Å². The Bertz CT molecular complexity index is 2320. The molecule has 0 saturated carbocycles. The topological polar surface area (TPSA) is 4.93 Å². The molecule has 5 aromatic carbocycles. The van der Waals surface area contributed by atoms with Crippen LogP contribution in [0.3, 0.4) is 0 Å². The van der Waals surface area contributed by atoms with E-state index < -0.39 is 0 Å². The number of allylic oxidation sites excluding steroid dienone is 5. The van der Waals surface area contributed by atoms with Crippen LogP contribution in [0.2, 0.25) is 0 Å². The van der Waals surface area contributed by atoms with E-state index in [-0.39, 0.29) is 0 Å². The van der Waals surface area contributed by atoms with Crippen LogP contribution < -0.4 is 10.4 Å². The third-order valence-corrected chi connectivity index (χ3v) is 9.29. The van der Waals surface area contributed by atoms with Crippen molar-refractivity contribution < 1.29 is 0 Å². The highest BCUT2D eigenvalue weighted by atomic mass is 15.0. The molecule has 0 N–H and O–H groups in total. The molecule has 1 heteroatoms. The van der Waals surface area contributed by atoms with Gasteiger partial charge in [0.25, 0.3) is 0 Å². The Hall–Kier alpha value is -5.14. The lowest BCUT2D eigenvalue weighted by molar-refractivity contribution is 0.967. The van der Waals surface area contributed by atoms with Gasteiger partial charge in [0.15, 0.2) is 0 Å². The van der Waals surface area contributed by atoms with Crippen LogP contribution in [-0.2, 0) is 6.42 Å². The maximum atomic E-state index is 2.46. The van der Waals surface area contributed by atoms with Gasteiger partial charge in [-0.3, -0.25) is 0 Å². The Labute approximate surface area is 259 Å². The van der Waals surface area contributed by atoms with Crippen molar-refractivity contribution in [3.63, 3.8) is 0 Å². The molecule has 0 spiro atoms. The number of aryl methyl sites for hydroxylation is 2. The smallest absolute Gasteiger partial charge is 0.0537 e. The largest absolute Gasteiger partial charge is 0.310 e. The van der Waals surface area contributed by atoms with E-state index >= 15 is 0 Å². The Morgan fingerprint density at radius 2 is 1.55 bits per heavy atom. The summed E-state index contributed by atoms with van der Waals surface area (Å²) in [5.41, 5.74) is 13.2. The highest BCUT2D eigenvalue weighted by Crippen LogP contribution is 2.36. The first-order valence-electron chi connectivity index (χ1n) is 15.7. The number of aromatic nitrogens is 1. The zero-order valence-corrected chi connectivity index (χ0v) is 25.3. The van der Waals surface area contributed by atoms with Crippen molar-refractivity contribution in [2.24, 2.45) is 0 Å². The van der Waals surface area contributed by atoms with Gasteiger partial charge < -0.3 is 4.57 Å². The molecule has 2 aliphatic carbocycles. The van der Waals surface area contributed by atoms with Gasteiger partial charge in [0.2, 0.25) is 0 Å². The van der Waals surface area contributed by atoms with E-state index in [0.29, 0.717) is 0 Å². The zero-order valence-electron chi connectivity index (χ0n) is 25.3. The summed E-state index contributed by atoms with van der Waals surface area (Å²) in [5.74, 6) is 0. The number of benzene rings is 5. The molecule has 1 heterocycles. The monoisotopic (exact) mass is 565 g/mol. The first-order chi connectivity index (χ1) is 21.7. The molecular weight excluding hydrogens is 530 g/mol. The molecule has 0 atom stereocenters. The second kappa shape index (κ2) is 10.8. The van der Waals surface area contributed by atoms with Crippen LogP contribution >= 0.6 is 0 Å². The first-order valence-corrected chi connectivity index (χ1v) is 15.7. The maximum absolute atomic E-state index is 2.46. The predicted octanol–water partition coefficient (Wildman–Crippen LogP) is 9.36. The summed E-state index contributed by atoms with van der Waals surface area (Å²) < 4.78 is 2.46. The van der Waals surface area contributed by atoms with Gasteiger partial charge in [-0.15, -0.1) is 0 Å². The van der Waals surface area contributed by atoms with Crippen LogP contribution in [0.4, 0.5) is 0 Å². The van der Waals surface area contributed by atoms with Crippen LogP contribution in [0.1, 0.15) is 47.7 Å². The van der Waals surface area contributed by atoms with Crippen molar-refractivity contribution >= 4 is 38.9 Å². The highest BCUT2D eigenvalue weighted by molar-refractivity contribution is 5.93. The molecule has 0 aliphatic heterocycles. The molecule has 0 bridgehead atoms. The average Bonchev–Trinajstić information content (AvgIpc) is 3.41. The Kier molecular flexibility index (Phi) is 6.53. The second-order valence-corrected chi connectivity index (χ2v) is 12.1. The summed E-state index contributed by atoms with van der Waals surface area (Å²) in [6.07, 6.45) is 14.3. The Balaban J connectivity index is 1.38. The van der Waals surface area contributed by atoms with Gasteiger partial charge in [-0.1, -0.05) is 115 Å². The number of nitrogens with zero attached hydrogens (tertiary/aromatic N) is 1. The Morgan fingerprint density at radius 1 is 0.727 bits per heavy atom. The molecule has 1 nitrogen and oxygen atoms in total. The fourth-order valence-electron chi connectivity index (χ4n) is 7.28. The summed E-state index contributed by atoms with van der Waals surface area (Å²) in [6, 6.07) is 40.7. The van der Waals surface area contributed by atoms with Crippen LogP contribution in [0.15, 0.2) is 139 Å². The number of para-hydroxylation sites is 1. The SMILES string of the molecule is C/C=C\C=C1/CC(c2ccc3cc(C)ccc3c2)=c2ccccc2=C1c1cccc(-n2c3c(c4ccccc42)CCC=C3)c1. The predicted molar refractivity (Wildman–Crippen MR) is 188 cm³/mol. The molecule has 8 rings (SSSR count). The fourth-order valence-corrected chi connectivity index (χ4v) is 7.28. The van der Waals surface area contributed by atoms with E-state index in [0.717, 1.165) is 19.3 Å². The molecule has 6 aromatic rings. The van der Waals surface area contributed by atoms with Crippen LogP contribution in [0.25, 0.3) is 44.6 Å². The van der Waals surface area contributed by atoms with Crippen molar-refractivity contribution in [1.82, 2.24) is 4.57 Å². The van der Waals surface area contributed by atoms with Crippen LogP contribution in [0, 0.1) is 6.92 Å². The minimum absolute atomic E-state index is 0.878. The van der Waals surface area contributed by atoms with E-state index in [2.05, 4.69) is 158 Å². The summed E-state index contributed by atoms with van der Waals surface area (Å²) in [5, 5.41) is 6.57. The third-order valence-electron chi connectivity index (χ3n) is 9.29. The molecule has 1 aromatic heterocycles. The van der Waals surface area contributed by atoms with Crippen LogP contribution in [-0.4, -0.2) is 4.57 Å². The number of hydrogen-bond acceptors (Lipinski definition) is 0. The van der Waals surface area contributed by atoms with Crippen molar-refractivity contribution in [3.8, 4) is 5.69 Å². The minimum atomic E-state index is 0.878. The summed E-state index contributed by atoms with van der Waals surface area (Å²) >= 11 is 0. The summed E-state index contributed by atoms with van der Waals surface area (Å²) in [6.45, 7) is 4.26. The quantitative estimate of drug-likeness (QED) is 0.201. The lowest BCUT2D eigenvalue weighted by Crippen LogP contribution is -2.33. The molecule has 44 heavy (non-hydrogen) atoms. The lowest BCUT2D eigenvalue weighted by Gasteiger charge is -2.22. The first kappa shape index (κ1) is 26.5. The van der Waals surface area contributed by atoms with Crippen LogP contribution in [0.5, 0.6) is 0 Å². The van der Waals surface area contributed by atoms with E-state index in [9.17, 15) is 0 Å². The minimum Gasteiger partial charge on any atom is -0.310 e. The van der Waals surface area contributed by atoms with Crippen molar-refractivity contribution in [2.45, 2.75) is 33.1 Å². The van der Waals surface area contributed by atoms with Gasteiger partial charge in [-0.2, -0.15) is 0 Å². The highest BCUT2D eigenvalue weighted by Gasteiger charge is 2.21. The second-order valence-electron chi connectivity index (χ2n) is 12.1. The van der Waals surface area contributed by atoms with Crippen molar-refractivity contribution in [3.05, 3.63) is 177 Å². The normalized spacial score (nSPS) is 15.5. The number of fused-ring (bicyclic) bond motifs is 5. The average molecular weight is 566 g/mol. The van der Waals surface area contributed by atoms with Crippen molar-refractivity contribution in [2.75, 3.05) is 0 Å². The van der Waals surface area contributed by atoms with Gasteiger partial charge in [0, 0.05) is 16.8 Å². The van der Waals surface area contributed by atoms with Gasteiger partial charge in [0.1, 0.15) is 0 Å². The van der Waals surface area contributed by atoms with E-state index in [1.807, 2.05) is 0 Å². The molecule has 0 amide bonds. The molecule has 0 fully saturated rings. The van der Waals surface area contributed by atoms with Gasteiger partial charge >= 0.3 is 0 Å². The standard InChI is InChI=1S/C43H35N/c1-3-4-12-34-28-40(32-24-23-30-25-29(2)21-22-31(30)26-32)36-15-5-6-18-39(36)43(34)33-13-11-14-35(27-33)44-41-19-9-7-16-37(41)38-17-8-10-20-42(38)44/h3-7,9-16,18-27H,8,17,28H2,1-2H3/b4-3-,34-12+. The van der Waals surface area contributed by atoms with E-state index in [4.69, 9.17) is 0 Å². The van der Waals surface area contributed by atoms with Crippen molar-refractivity contribution in [1.29, 1.82) is 0 Å². The van der Waals surface area contributed by atoms with Gasteiger partial charge in [0.05, 0.1) is 5.52 Å². The Morgan fingerprint density at radius 3 is 2.45 bits per heavy atom. The molecule has 0 saturated heterocycles. The summed E-state index contributed by atoms with van der Waals surface area (Å²) in [4.78, 5) is 0. The fraction of sp³-hybridized carbons (Fsp3) is 0.116. The molecule has 0 radical (unpaired) electrons. The lowest BCUT2D eigenvalue weighted by atomic mass is 9.82. The zero-order chi connectivity index (χ0) is 29.6. The number of rotatable bonds is 4. The molecule has 2 aliphatic rings. The third kappa shape index (κ3) is 4.39. The molecule has 0 unspecified atom stereocenters. The summed E-state index contributed by atoms with van der Waals surface area (Å²) in [7, 11) is 0.